The highest BCUT2D eigenvalue weighted by Crippen LogP contribution is 2.67. The van der Waals surface area contributed by atoms with E-state index >= 15 is 0 Å². The summed E-state index contributed by atoms with van der Waals surface area (Å²) in [6.45, 7) is 0. The summed E-state index contributed by atoms with van der Waals surface area (Å²) in [5.74, 6) is 6.84. The Balaban J connectivity index is 1.27. The Hall–Kier alpha value is -3.97. The Bertz CT molecular complexity index is 1700. The molecule has 0 bridgehead atoms. The van der Waals surface area contributed by atoms with E-state index in [1.807, 2.05) is 48.5 Å². The Labute approximate surface area is 235 Å². The molecule has 7 atom stereocenters. The molecule has 202 valence electrons. The van der Waals surface area contributed by atoms with Crippen LogP contribution in [-0.2, 0) is 4.79 Å². The first-order valence-corrected chi connectivity index (χ1v) is 13.7. The first-order chi connectivity index (χ1) is 19.4. The van der Waals surface area contributed by atoms with E-state index < -0.39 is 23.7 Å². The molecule has 40 heavy (non-hydrogen) atoms. The van der Waals surface area contributed by atoms with Crippen LogP contribution in [0.1, 0.15) is 41.8 Å². The topological polar surface area (TPSA) is 125 Å². The molecule has 2 aromatic carbocycles. The summed E-state index contributed by atoms with van der Waals surface area (Å²) in [5.41, 5.74) is 2.03. The van der Waals surface area contributed by atoms with Crippen LogP contribution in [0.2, 0.25) is 5.02 Å². The lowest BCUT2D eigenvalue weighted by atomic mass is 9.98. The summed E-state index contributed by atoms with van der Waals surface area (Å²) in [6, 6.07) is 17.0. The number of nitrogens with zero attached hydrogens (tertiary/aromatic N) is 4. The number of aliphatic hydroxyl groups excluding tert-OH is 2. The van der Waals surface area contributed by atoms with Crippen molar-refractivity contribution in [2.75, 3.05) is 12.4 Å². The average molecular weight is 555 g/mol. The number of amides is 1. The van der Waals surface area contributed by atoms with Crippen molar-refractivity contribution in [3.8, 4) is 11.8 Å². The van der Waals surface area contributed by atoms with Gasteiger partial charge in [0.2, 0.25) is 11.7 Å². The molecule has 4 N–H and O–H groups in total. The highest BCUT2D eigenvalue weighted by atomic mass is 35.5. The first-order valence-electron chi connectivity index (χ1n) is 13.3. The van der Waals surface area contributed by atoms with Gasteiger partial charge < -0.3 is 25.4 Å². The molecule has 1 amide bonds. The van der Waals surface area contributed by atoms with Crippen molar-refractivity contribution in [3.05, 3.63) is 82.9 Å². The zero-order valence-electron chi connectivity index (χ0n) is 21.6. The molecule has 4 unspecified atom stereocenters. The van der Waals surface area contributed by atoms with Crippen molar-refractivity contribution in [1.82, 2.24) is 24.8 Å². The molecule has 0 radical (unpaired) electrons. The van der Waals surface area contributed by atoms with Crippen molar-refractivity contribution in [3.63, 3.8) is 0 Å². The van der Waals surface area contributed by atoms with E-state index in [0.717, 1.165) is 17.5 Å². The fourth-order valence-corrected chi connectivity index (χ4v) is 6.56. The summed E-state index contributed by atoms with van der Waals surface area (Å²) < 4.78 is 1.77. The SMILES string of the molecule is CNC(=O)[C@]12CC1[C@@H](n1cnc3c(NC4CC4c4cccc(Cl)c4)nc(C#Cc4ccccc4)nc31)[C@H](O)C2O. The molecule has 3 fully saturated rings. The lowest BCUT2D eigenvalue weighted by Crippen LogP contribution is -2.41. The molecule has 3 aliphatic rings. The summed E-state index contributed by atoms with van der Waals surface area (Å²) in [4.78, 5) is 26.8. The smallest absolute Gasteiger partial charge is 0.229 e. The highest BCUT2D eigenvalue weighted by molar-refractivity contribution is 6.30. The van der Waals surface area contributed by atoms with Gasteiger partial charge in [0.05, 0.1) is 23.9 Å². The van der Waals surface area contributed by atoms with Crippen molar-refractivity contribution in [2.24, 2.45) is 11.3 Å². The van der Waals surface area contributed by atoms with Gasteiger partial charge in [-0.3, -0.25) is 4.79 Å². The van der Waals surface area contributed by atoms with Crippen LogP contribution in [0.25, 0.3) is 11.2 Å². The lowest BCUT2D eigenvalue weighted by Gasteiger charge is -2.23. The Morgan fingerprint density at radius 3 is 2.73 bits per heavy atom. The zero-order valence-corrected chi connectivity index (χ0v) is 22.4. The standard InChI is InChI=1S/C30H27ClN6O3/c1-32-29(40)30-14-20(30)24(25(38)26(30)39)37-15-33-23-27(34-21-13-19(21)17-8-5-9-18(31)12-17)35-22(36-28(23)37)11-10-16-6-3-2-4-7-16/h2-9,12,15,19-21,24-26,38-39H,13-14H2,1H3,(H,32,40)(H,34,35,36)/t19?,20?,21?,24-,25+,26?,30-/m1/s1. The Morgan fingerprint density at radius 2 is 1.95 bits per heavy atom. The van der Waals surface area contributed by atoms with Gasteiger partial charge in [0.25, 0.3) is 0 Å². The number of halogens is 1. The number of hydrogen-bond donors (Lipinski definition) is 4. The quantitative estimate of drug-likeness (QED) is 0.280. The molecule has 3 saturated carbocycles. The minimum Gasteiger partial charge on any atom is -0.389 e. The zero-order chi connectivity index (χ0) is 27.6. The maximum atomic E-state index is 12.7. The largest absolute Gasteiger partial charge is 0.389 e. The van der Waals surface area contributed by atoms with Crippen LogP contribution >= 0.6 is 11.6 Å². The lowest BCUT2D eigenvalue weighted by molar-refractivity contribution is -0.132. The molecule has 4 aromatic rings. The summed E-state index contributed by atoms with van der Waals surface area (Å²) >= 11 is 6.22. The van der Waals surface area contributed by atoms with Crippen molar-refractivity contribution < 1.29 is 15.0 Å². The van der Waals surface area contributed by atoms with Crippen LogP contribution in [0, 0.1) is 23.2 Å². The van der Waals surface area contributed by atoms with Gasteiger partial charge in [0.1, 0.15) is 6.10 Å². The van der Waals surface area contributed by atoms with Crippen LogP contribution in [0.4, 0.5) is 5.82 Å². The maximum absolute atomic E-state index is 12.7. The van der Waals surface area contributed by atoms with E-state index in [-0.39, 0.29) is 23.8 Å². The number of imidazole rings is 1. The van der Waals surface area contributed by atoms with Crippen molar-refractivity contribution in [2.45, 2.75) is 43.1 Å². The third-order valence-electron chi connectivity index (χ3n) is 8.55. The van der Waals surface area contributed by atoms with Gasteiger partial charge in [-0.15, -0.1) is 0 Å². The van der Waals surface area contributed by atoms with E-state index in [1.165, 1.54) is 0 Å². The molecular weight excluding hydrogens is 528 g/mol. The Morgan fingerprint density at radius 1 is 1.12 bits per heavy atom. The molecule has 0 spiro atoms. The number of aliphatic hydroxyl groups is 2. The van der Waals surface area contributed by atoms with Crippen LogP contribution in [0.3, 0.4) is 0 Å². The molecule has 3 aliphatic carbocycles. The van der Waals surface area contributed by atoms with E-state index in [4.69, 9.17) is 21.6 Å². The van der Waals surface area contributed by atoms with Crippen LogP contribution in [0.5, 0.6) is 0 Å². The third kappa shape index (κ3) is 3.94. The predicted molar refractivity (Wildman–Crippen MR) is 150 cm³/mol. The Kier molecular flexibility index (Phi) is 5.82. The minimum absolute atomic E-state index is 0.139. The van der Waals surface area contributed by atoms with E-state index in [0.29, 0.717) is 34.2 Å². The monoisotopic (exact) mass is 554 g/mol. The van der Waals surface area contributed by atoms with Gasteiger partial charge in [-0.2, -0.15) is 0 Å². The number of fused-ring (bicyclic) bond motifs is 2. The van der Waals surface area contributed by atoms with Crippen molar-refractivity contribution in [1.29, 1.82) is 0 Å². The van der Waals surface area contributed by atoms with Gasteiger partial charge in [0, 0.05) is 35.5 Å². The number of rotatable bonds is 5. The number of nitrogens with one attached hydrogen (secondary N) is 2. The second-order valence-electron chi connectivity index (χ2n) is 10.8. The number of carbonyl (C=O) groups excluding carboxylic acids is 1. The van der Waals surface area contributed by atoms with Crippen LogP contribution < -0.4 is 10.6 Å². The molecule has 0 aliphatic heterocycles. The molecule has 7 rings (SSSR count). The van der Waals surface area contributed by atoms with Crippen molar-refractivity contribution >= 4 is 34.5 Å². The number of benzene rings is 2. The van der Waals surface area contributed by atoms with Gasteiger partial charge in [-0.25, -0.2) is 15.0 Å². The van der Waals surface area contributed by atoms with E-state index in [2.05, 4.69) is 33.5 Å². The fraction of sp³-hybridized carbons (Fsp3) is 0.333. The number of carbonyl (C=O) groups is 1. The van der Waals surface area contributed by atoms with Gasteiger partial charge in [-0.1, -0.05) is 47.9 Å². The number of hydrogen-bond acceptors (Lipinski definition) is 7. The van der Waals surface area contributed by atoms with E-state index in [9.17, 15) is 15.0 Å². The molecular formula is C30H27ClN6O3. The fourth-order valence-electron chi connectivity index (χ4n) is 6.36. The molecule has 2 heterocycles. The van der Waals surface area contributed by atoms with Crippen LogP contribution in [-0.4, -0.2) is 60.9 Å². The van der Waals surface area contributed by atoms with Gasteiger partial charge in [0.15, 0.2) is 17.0 Å². The van der Waals surface area contributed by atoms with Crippen LogP contribution in [0.15, 0.2) is 60.9 Å². The van der Waals surface area contributed by atoms with Gasteiger partial charge in [-0.05, 0) is 48.6 Å². The normalized spacial score (nSPS) is 29.8. The molecule has 9 nitrogen and oxygen atoms in total. The van der Waals surface area contributed by atoms with E-state index in [1.54, 1.807) is 17.9 Å². The number of anilines is 1. The maximum Gasteiger partial charge on any atom is 0.229 e. The number of aromatic nitrogens is 4. The summed E-state index contributed by atoms with van der Waals surface area (Å²) in [7, 11) is 1.54. The highest BCUT2D eigenvalue weighted by Gasteiger charge is 2.75. The predicted octanol–water partition coefficient (Wildman–Crippen LogP) is 2.88. The molecule has 10 heteroatoms. The second-order valence-corrected chi connectivity index (χ2v) is 11.3. The van der Waals surface area contributed by atoms with Gasteiger partial charge >= 0.3 is 0 Å². The summed E-state index contributed by atoms with van der Waals surface area (Å²) in [6.07, 6.45) is 0.687. The first kappa shape index (κ1) is 25.0. The third-order valence-corrected chi connectivity index (χ3v) is 8.78. The second kappa shape index (κ2) is 9.30. The molecule has 2 aromatic heterocycles. The average Bonchev–Trinajstić information content (AvgIpc) is 3.85. The summed E-state index contributed by atoms with van der Waals surface area (Å²) in [5, 5.41) is 28.8. The molecule has 0 saturated heterocycles. The minimum atomic E-state index is -1.18.